The first-order valence-corrected chi connectivity index (χ1v) is 9.85. The molecule has 158 valence electrons. The molecule has 0 spiro atoms. The van der Waals surface area contributed by atoms with Crippen LogP contribution in [0.1, 0.15) is 33.3 Å². The number of carbonyl (C=O) groups is 1. The maximum Gasteiger partial charge on any atom is 0.291 e. The van der Waals surface area contributed by atoms with Gasteiger partial charge in [-0.2, -0.15) is 5.10 Å². The fraction of sp³-hybridized carbons (Fsp3) is 0.167. The summed E-state index contributed by atoms with van der Waals surface area (Å²) in [4.78, 5) is 12.6. The Hall–Kier alpha value is -3.87. The quantitative estimate of drug-likeness (QED) is 0.452. The molecule has 1 amide bonds. The lowest BCUT2D eigenvalue weighted by molar-refractivity contribution is 0.0992. The molecule has 2 aromatic heterocycles. The monoisotopic (exact) mass is 419 g/mol. The molecule has 0 aliphatic carbocycles. The number of hydrogen-bond donors (Lipinski definition) is 1. The van der Waals surface area contributed by atoms with Crippen LogP contribution in [0, 0.1) is 19.7 Å². The Morgan fingerprint density at radius 3 is 2.65 bits per heavy atom. The molecule has 0 aliphatic heterocycles. The number of rotatable bonds is 7. The van der Waals surface area contributed by atoms with Gasteiger partial charge in [0.2, 0.25) is 0 Å². The van der Waals surface area contributed by atoms with Crippen LogP contribution in [0.15, 0.2) is 71.1 Å². The number of carbonyl (C=O) groups excluding carboxylic acids is 1. The second-order valence-corrected chi connectivity index (χ2v) is 7.25. The van der Waals surface area contributed by atoms with Gasteiger partial charge in [0.1, 0.15) is 23.9 Å². The van der Waals surface area contributed by atoms with Crippen molar-refractivity contribution in [2.24, 2.45) is 0 Å². The lowest BCUT2D eigenvalue weighted by Gasteiger charge is -2.08. The summed E-state index contributed by atoms with van der Waals surface area (Å²) in [6.45, 7) is 4.73. The minimum Gasteiger partial charge on any atom is -0.486 e. The van der Waals surface area contributed by atoms with Gasteiger partial charge < -0.3 is 14.5 Å². The Balaban J connectivity index is 1.37. The van der Waals surface area contributed by atoms with Gasteiger partial charge in [-0.3, -0.25) is 9.48 Å². The molecule has 0 saturated carbocycles. The molecule has 4 rings (SSSR count). The number of halogens is 1. The van der Waals surface area contributed by atoms with Gasteiger partial charge in [0.05, 0.1) is 12.2 Å². The minimum absolute atomic E-state index is 0.136. The second kappa shape index (κ2) is 8.87. The minimum atomic E-state index is -0.351. The largest absolute Gasteiger partial charge is 0.486 e. The summed E-state index contributed by atoms with van der Waals surface area (Å²) in [6.07, 6.45) is 0. The van der Waals surface area contributed by atoms with Crippen LogP contribution in [0.4, 0.5) is 10.1 Å². The molecule has 0 unspecified atom stereocenters. The molecule has 0 saturated heterocycles. The van der Waals surface area contributed by atoms with E-state index in [2.05, 4.69) is 10.4 Å². The predicted octanol–water partition coefficient (Wildman–Crippen LogP) is 5.11. The van der Waals surface area contributed by atoms with E-state index in [-0.39, 0.29) is 24.1 Å². The van der Waals surface area contributed by atoms with E-state index in [1.54, 1.807) is 12.1 Å². The van der Waals surface area contributed by atoms with Crippen LogP contribution < -0.4 is 10.1 Å². The van der Waals surface area contributed by atoms with Crippen LogP contribution in [0.5, 0.6) is 5.75 Å². The lowest BCUT2D eigenvalue weighted by Crippen LogP contribution is -2.11. The van der Waals surface area contributed by atoms with Crippen LogP contribution >= 0.6 is 0 Å². The number of benzene rings is 2. The molecule has 2 heterocycles. The number of furan rings is 1. The first kappa shape index (κ1) is 20.4. The zero-order valence-corrected chi connectivity index (χ0v) is 17.3. The topological polar surface area (TPSA) is 69.3 Å². The number of hydrogen-bond acceptors (Lipinski definition) is 4. The fourth-order valence-corrected chi connectivity index (χ4v) is 3.21. The van der Waals surface area contributed by atoms with E-state index in [4.69, 9.17) is 9.15 Å². The highest BCUT2D eigenvalue weighted by Gasteiger charge is 2.13. The fourth-order valence-electron chi connectivity index (χ4n) is 3.21. The molecule has 2 aromatic carbocycles. The summed E-state index contributed by atoms with van der Waals surface area (Å²) in [7, 11) is 0. The van der Waals surface area contributed by atoms with Crippen molar-refractivity contribution in [1.29, 1.82) is 0 Å². The molecule has 7 heteroatoms. The van der Waals surface area contributed by atoms with Gasteiger partial charge in [-0.15, -0.1) is 0 Å². The maximum absolute atomic E-state index is 13.0. The van der Waals surface area contributed by atoms with Gasteiger partial charge in [0.25, 0.3) is 5.91 Å². The number of amides is 1. The standard InChI is InChI=1S/C24H22FN3O3/c1-16-12-17(2)28(27-16)14-18-4-3-5-20(13-18)26-24(29)23-11-10-22(31-23)15-30-21-8-6-19(25)7-9-21/h3-13H,14-15H2,1-2H3,(H,26,29). The Kier molecular flexibility index (Phi) is 5.84. The van der Waals surface area contributed by atoms with Crippen LogP contribution in [-0.2, 0) is 13.2 Å². The van der Waals surface area contributed by atoms with Crippen LogP contribution in [0.25, 0.3) is 0 Å². The maximum atomic E-state index is 13.0. The van der Waals surface area contributed by atoms with Gasteiger partial charge in [0, 0.05) is 11.4 Å². The molecule has 6 nitrogen and oxygen atoms in total. The van der Waals surface area contributed by atoms with Gasteiger partial charge in [0.15, 0.2) is 5.76 Å². The Bertz CT molecular complexity index is 1200. The predicted molar refractivity (Wildman–Crippen MR) is 115 cm³/mol. The Morgan fingerprint density at radius 1 is 1.10 bits per heavy atom. The van der Waals surface area contributed by atoms with Gasteiger partial charge in [-0.25, -0.2) is 4.39 Å². The molecular formula is C24H22FN3O3. The molecule has 4 aromatic rings. The van der Waals surface area contributed by atoms with E-state index in [1.807, 2.05) is 48.9 Å². The smallest absolute Gasteiger partial charge is 0.291 e. The summed E-state index contributed by atoms with van der Waals surface area (Å²) in [5.74, 6) is 0.511. The molecule has 0 atom stereocenters. The van der Waals surface area contributed by atoms with Crippen molar-refractivity contribution < 1.29 is 18.3 Å². The Morgan fingerprint density at radius 2 is 1.90 bits per heavy atom. The number of nitrogens with one attached hydrogen (secondary N) is 1. The van der Waals surface area contributed by atoms with Crippen LogP contribution in [0.3, 0.4) is 0 Å². The third-order valence-corrected chi connectivity index (χ3v) is 4.70. The SMILES string of the molecule is Cc1cc(C)n(Cc2cccc(NC(=O)c3ccc(COc4ccc(F)cc4)o3)c2)n1. The van der Waals surface area contributed by atoms with Crippen molar-refractivity contribution in [2.75, 3.05) is 5.32 Å². The number of ether oxygens (including phenoxy) is 1. The molecular weight excluding hydrogens is 397 g/mol. The average molecular weight is 419 g/mol. The number of nitrogens with zero attached hydrogens (tertiary/aromatic N) is 2. The molecule has 0 fully saturated rings. The highest BCUT2D eigenvalue weighted by atomic mass is 19.1. The second-order valence-electron chi connectivity index (χ2n) is 7.25. The van der Waals surface area contributed by atoms with Gasteiger partial charge in [-0.05, 0) is 74.0 Å². The van der Waals surface area contributed by atoms with E-state index >= 15 is 0 Å². The zero-order valence-electron chi connectivity index (χ0n) is 17.3. The van der Waals surface area contributed by atoms with Crippen molar-refractivity contribution in [3.63, 3.8) is 0 Å². The highest BCUT2D eigenvalue weighted by Crippen LogP contribution is 2.18. The van der Waals surface area contributed by atoms with E-state index < -0.39 is 0 Å². The lowest BCUT2D eigenvalue weighted by atomic mass is 10.2. The first-order valence-electron chi connectivity index (χ1n) is 9.85. The third-order valence-electron chi connectivity index (χ3n) is 4.70. The number of aryl methyl sites for hydroxylation is 2. The summed E-state index contributed by atoms with van der Waals surface area (Å²) in [5.41, 5.74) is 3.75. The summed E-state index contributed by atoms with van der Waals surface area (Å²) in [5, 5.41) is 7.33. The summed E-state index contributed by atoms with van der Waals surface area (Å²) < 4.78 is 26.0. The van der Waals surface area contributed by atoms with Crippen LogP contribution in [-0.4, -0.2) is 15.7 Å². The zero-order chi connectivity index (χ0) is 21.8. The van der Waals surface area contributed by atoms with Gasteiger partial charge >= 0.3 is 0 Å². The number of anilines is 1. The first-order chi connectivity index (χ1) is 15.0. The Labute approximate surface area is 179 Å². The van der Waals surface area contributed by atoms with Crippen molar-refractivity contribution >= 4 is 11.6 Å². The van der Waals surface area contributed by atoms with Crippen molar-refractivity contribution in [3.8, 4) is 5.75 Å². The number of aromatic nitrogens is 2. The normalized spacial score (nSPS) is 10.8. The summed E-state index contributed by atoms with van der Waals surface area (Å²) >= 11 is 0. The molecule has 1 N–H and O–H groups in total. The average Bonchev–Trinajstić information content (AvgIpc) is 3.34. The molecule has 0 bridgehead atoms. The molecule has 31 heavy (non-hydrogen) atoms. The molecule has 0 aliphatic rings. The highest BCUT2D eigenvalue weighted by molar-refractivity contribution is 6.02. The van der Waals surface area contributed by atoms with E-state index in [9.17, 15) is 9.18 Å². The molecule has 0 radical (unpaired) electrons. The van der Waals surface area contributed by atoms with E-state index in [0.717, 1.165) is 17.0 Å². The third kappa shape index (κ3) is 5.19. The van der Waals surface area contributed by atoms with Crippen molar-refractivity contribution in [2.45, 2.75) is 27.0 Å². The van der Waals surface area contributed by atoms with Crippen LogP contribution in [0.2, 0.25) is 0 Å². The van der Waals surface area contributed by atoms with Gasteiger partial charge in [-0.1, -0.05) is 12.1 Å². The van der Waals surface area contributed by atoms with Crippen molar-refractivity contribution in [3.05, 3.63) is 101 Å². The van der Waals surface area contributed by atoms with E-state index in [1.165, 1.54) is 24.3 Å². The van der Waals surface area contributed by atoms with Crippen molar-refractivity contribution in [1.82, 2.24) is 9.78 Å². The van der Waals surface area contributed by atoms with E-state index in [0.29, 0.717) is 23.7 Å². The summed E-state index contributed by atoms with van der Waals surface area (Å²) in [6, 6.07) is 18.6.